The van der Waals surface area contributed by atoms with Gasteiger partial charge in [-0.2, -0.15) is 9.40 Å². The van der Waals surface area contributed by atoms with Gasteiger partial charge in [0.25, 0.3) is 0 Å². The number of anilines is 2. The summed E-state index contributed by atoms with van der Waals surface area (Å²) < 4.78 is 29.4. The number of aromatic nitrogens is 2. The molecule has 3 rings (SSSR count). The summed E-state index contributed by atoms with van der Waals surface area (Å²) in [5.41, 5.74) is 2.29. The van der Waals surface area contributed by atoms with E-state index in [0.29, 0.717) is 18.8 Å². The number of rotatable bonds is 8. The second-order valence-electron chi connectivity index (χ2n) is 7.58. The van der Waals surface area contributed by atoms with E-state index in [4.69, 9.17) is 0 Å². The summed E-state index contributed by atoms with van der Waals surface area (Å²) in [5.74, 6) is -0.251. The first-order valence-electron chi connectivity index (χ1n) is 10.5. The third-order valence-corrected chi connectivity index (χ3v) is 7.26. The standard InChI is InChI=1S/C21H31N5O3S/c1-4-24(5-2)20-10-9-18(30(28,29)26-11-7-6-8-12-26)13-19(20)23-21(27)16-25-15-17(3)14-22-25/h9-10,13-15H,4-8,11-12,16H2,1-3H3,(H,23,27). The smallest absolute Gasteiger partial charge is 0.246 e. The molecule has 1 aromatic heterocycles. The van der Waals surface area contributed by atoms with Gasteiger partial charge in [0.05, 0.1) is 22.5 Å². The summed E-state index contributed by atoms with van der Waals surface area (Å²) in [5, 5.41) is 7.06. The number of nitrogens with zero attached hydrogens (tertiary/aromatic N) is 4. The molecular weight excluding hydrogens is 402 g/mol. The Hall–Kier alpha value is -2.39. The maximum Gasteiger partial charge on any atom is 0.246 e. The maximum absolute atomic E-state index is 13.1. The van der Waals surface area contributed by atoms with E-state index >= 15 is 0 Å². The summed E-state index contributed by atoms with van der Waals surface area (Å²) in [4.78, 5) is 15.0. The summed E-state index contributed by atoms with van der Waals surface area (Å²) in [7, 11) is -3.59. The minimum absolute atomic E-state index is 0.0641. The summed E-state index contributed by atoms with van der Waals surface area (Å²) in [6, 6.07) is 5.02. The molecule has 1 amide bonds. The fraction of sp³-hybridized carbons (Fsp3) is 0.524. The van der Waals surface area contributed by atoms with Crippen LogP contribution in [-0.4, -0.2) is 54.6 Å². The zero-order valence-corrected chi connectivity index (χ0v) is 18.8. The average Bonchev–Trinajstić information content (AvgIpc) is 3.14. The maximum atomic E-state index is 13.1. The lowest BCUT2D eigenvalue weighted by molar-refractivity contribution is -0.116. The normalized spacial score (nSPS) is 15.2. The minimum Gasteiger partial charge on any atom is -0.370 e. The van der Waals surface area contributed by atoms with Gasteiger partial charge in [0.1, 0.15) is 6.54 Å². The van der Waals surface area contributed by atoms with Gasteiger partial charge in [0.15, 0.2) is 0 Å². The number of piperidine rings is 1. The highest BCUT2D eigenvalue weighted by molar-refractivity contribution is 7.89. The number of sulfonamides is 1. The van der Waals surface area contributed by atoms with Crippen molar-refractivity contribution in [2.75, 3.05) is 36.4 Å². The second-order valence-corrected chi connectivity index (χ2v) is 9.52. The number of carbonyl (C=O) groups is 1. The first-order valence-corrected chi connectivity index (χ1v) is 12.0. The van der Waals surface area contributed by atoms with Crippen LogP contribution in [0, 0.1) is 6.92 Å². The van der Waals surface area contributed by atoms with Crippen LogP contribution in [0.15, 0.2) is 35.5 Å². The monoisotopic (exact) mass is 433 g/mol. The fourth-order valence-electron chi connectivity index (χ4n) is 3.76. The van der Waals surface area contributed by atoms with Gasteiger partial charge >= 0.3 is 0 Å². The van der Waals surface area contributed by atoms with E-state index in [0.717, 1.165) is 43.6 Å². The van der Waals surface area contributed by atoms with Crippen molar-refractivity contribution in [1.29, 1.82) is 0 Å². The van der Waals surface area contributed by atoms with Crippen molar-refractivity contribution in [3.8, 4) is 0 Å². The first kappa shape index (κ1) is 22.3. The van der Waals surface area contributed by atoms with E-state index in [2.05, 4.69) is 15.3 Å². The largest absolute Gasteiger partial charge is 0.370 e. The molecule has 9 heteroatoms. The Bertz CT molecular complexity index is 976. The second kappa shape index (κ2) is 9.61. The molecule has 0 atom stereocenters. The van der Waals surface area contributed by atoms with E-state index in [1.807, 2.05) is 20.8 Å². The predicted octanol–water partition coefficient (Wildman–Crippen LogP) is 2.85. The molecule has 0 saturated carbocycles. The molecule has 2 aromatic rings. The highest BCUT2D eigenvalue weighted by Gasteiger charge is 2.27. The number of amides is 1. The van der Waals surface area contributed by atoms with Crippen LogP contribution in [-0.2, 0) is 21.4 Å². The Balaban J connectivity index is 1.91. The summed E-state index contributed by atoms with van der Waals surface area (Å²) >= 11 is 0. The molecule has 1 N–H and O–H groups in total. The third-order valence-electron chi connectivity index (χ3n) is 5.37. The number of benzene rings is 1. The molecule has 1 saturated heterocycles. The van der Waals surface area contributed by atoms with Crippen molar-refractivity contribution < 1.29 is 13.2 Å². The quantitative estimate of drug-likeness (QED) is 0.692. The van der Waals surface area contributed by atoms with E-state index in [1.165, 1.54) is 0 Å². The molecule has 2 heterocycles. The van der Waals surface area contributed by atoms with Crippen LogP contribution in [0.25, 0.3) is 0 Å². The topological polar surface area (TPSA) is 87.5 Å². The van der Waals surface area contributed by atoms with E-state index < -0.39 is 10.0 Å². The summed E-state index contributed by atoms with van der Waals surface area (Å²) in [6.07, 6.45) is 6.30. The van der Waals surface area contributed by atoms with Crippen molar-refractivity contribution >= 4 is 27.3 Å². The van der Waals surface area contributed by atoms with Gasteiger partial charge < -0.3 is 10.2 Å². The predicted molar refractivity (Wildman–Crippen MR) is 118 cm³/mol. The lowest BCUT2D eigenvalue weighted by Crippen LogP contribution is -2.35. The van der Waals surface area contributed by atoms with Gasteiger partial charge in [-0.05, 0) is 57.4 Å². The Morgan fingerprint density at radius 3 is 2.47 bits per heavy atom. The van der Waals surface area contributed by atoms with Gasteiger partial charge in [-0.1, -0.05) is 6.42 Å². The van der Waals surface area contributed by atoms with Crippen LogP contribution >= 0.6 is 0 Å². The van der Waals surface area contributed by atoms with Crippen LogP contribution in [0.5, 0.6) is 0 Å². The molecule has 0 radical (unpaired) electrons. The molecule has 8 nitrogen and oxygen atoms in total. The first-order chi connectivity index (χ1) is 14.3. The van der Waals surface area contributed by atoms with Gasteiger partial charge in [-0.3, -0.25) is 9.48 Å². The molecule has 0 unspecified atom stereocenters. The van der Waals surface area contributed by atoms with Gasteiger partial charge in [0, 0.05) is 32.4 Å². The van der Waals surface area contributed by atoms with Crippen LogP contribution in [0.4, 0.5) is 11.4 Å². The van der Waals surface area contributed by atoms with Crippen molar-refractivity contribution in [1.82, 2.24) is 14.1 Å². The average molecular weight is 434 g/mol. The van der Waals surface area contributed by atoms with E-state index in [9.17, 15) is 13.2 Å². The third kappa shape index (κ3) is 5.02. The van der Waals surface area contributed by atoms with Crippen LogP contribution in [0.1, 0.15) is 38.7 Å². The fourth-order valence-corrected chi connectivity index (χ4v) is 5.30. The molecule has 0 aliphatic carbocycles. The van der Waals surface area contributed by atoms with Crippen molar-refractivity contribution in [3.63, 3.8) is 0 Å². The lowest BCUT2D eigenvalue weighted by Gasteiger charge is -2.28. The Morgan fingerprint density at radius 2 is 1.87 bits per heavy atom. The Labute approximate surface area is 178 Å². The molecule has 1 aliphatic heterocycles. The number of carbonyl (C=O) groups excluding carboxylic acids is 1. The molecular formula is C21H31N5O3S. The Kier molecular flexibility index (Phi) is 7.14. The number of hydrogen-bond acceptors (Lipinski definition) is 5. The number of hydrogen-bond donors (Lipinski definition) is 1. The summed E-state index contributed by atoms with van der Waals surface area (Å²) in [6.45, 7) is 8.61. The molecule has 0 spiro atoms. The molecule has 1 fully saturated rings. The van der Waals surface area contributed by atoms with Gasteiger partial charge in [0.2, 0.25) is 15.9 Å². The molecule has 1 aliphatic rings. The lowest BCUT2D eigenvalue weighted by atomic mass is 10.2. The zero-order chi connectivity index (χ0) is 21.7. The van der Waals surface area contributed by atoms with Crippen LogP contribution in [0.2, 0.25) is 0 Å². The van der Waals surface area contributed by atoms with Gasteiger partial charge in [-0.25, -0.2) is 8.42 Å². The van der Waals surface area contributed by atoms with Crippen molar-refractivity contribution in [2.45, 2.75) is 51.5 Å². The highest BCUT2D eigenvalue weighted by Crippen LogP contribution is 2.31. The van der Waals surface area contributed by atoms with E-state index in [1.54, 1.807) is 39.6 Å². The number of aryl methyl sites for hydroxylation is 1. The zero-order valence-electron chi connectivity index (χ0n) is 18.0. The highest BCUT2D eigenvalue weighted by atomic mass is 32.2. The van der Waals surface area contributed by atoms with Crippen LogP contribution < -0.4 is 10.2 Å². The van der Waals surface area contributed by atoms with Crippen LogP contribution in [0.3, 0.4) is 0 Å². The molecule has 164 valence electrons. The van der Waals surface area contributed by atoms with Gasteiger partial charge in [-0.15, -0.1) is 0 Å². The Morgan fingerprint density at radius 1 is 1.17 bits per heavy atom. The van der Waals surface area contributed by atoms with Crippen molar-refractivity contribution in [3.05, 3.63) is 36.2 Å². The van der Waals surface area contributed by atoms with E-state index in [-0.39, 0.29) is 17.3 Å². The molecule has 1 aromatic carbocycles. The SMILES string of the molecule is CCN(CC)c1ccc(S(=O)(=O)N2CCCCC2)cc1NC(=O)Cn1cc(C)cn1. The molecule has 0 bridgehead atoms. The van der Waals surface area contributed by atoms with Crippen molar-refractivity contribution in [2.24, 2.45) is 0 Å². The molecule has 30 heavy (non-hydrogen) atoms. The number of nitrogens with one attached hydrogen (secondary N) is 1. The minimum atomic E-state index is -3.59.